The van der Waals surface area contributed by atoms with Gasteiger partial charge in [0.25, 0.3) is 0 Å². The van der Waals surface area contributed by atoms with Gasteiger partial charge in [0.1, 0.15) is 0 Å². The monoisotopic (exact) mass is 232 g/mol. The van der Waals surface area contributed by atoms with Crippen LogP contribution in [-0.2, 0) is 9.59 Å². The van der Waals surface area contributed by atoms with Crippen LogP contribution in [0, 0.1) is 10.8 Å². The fourth-order valence-electron chi connectivity index (χ4n) is 0.631. The Morgan fingerprint density at radius 2 is 1.60 bits per heavy atom. The molecule has 0 aliphatic heterocycles. The third kappa shape index (κ3) is 4.80. The van der Waals surface area contributed by atoms with E-state index >= 15 is 0 Å². The maximum absolute atomic E-state index is 11.6. The minimum atomic E-state index is -0.745. The number of aliphatic hydroxyl groups is 1. The van der Waals surface area contributed by atoms with Gasteiger partial charge < -0.3 is 5.11 Å². The molecule has 0 unspecified atom stereocenters. The predicted octanol–water partition coefficient (Wildman–Crippen LogP) is 1.88. The summed E-state index contributed by atoms with van der Waals surface area (Å²) in [4.78, 5) is 23.1. The van der Waals surface area contributed by atoms with E-state index in [4.69, 9.17) is 5.11 Å². The van der Waals surface area contributed by atoms with Crippen molar-refractivity contribution in [3.8, 4) is 0 Å². The number of carbonyl (C=O) groups excluding carboxylic acids is 2. The van der Waals surface area contributed by atoms with Crippen molar-refractivity contribution in [1.82, 2.24) is 0 Å². The molecule has 0 spiro atoms. The number of ketones is 1. The summed E-state index contributed by atoms with van der Waals surface area (Å²) in [5.41, 5.74) is -1.17. The predicted molar refractivity (Wildman–Crippen MR) is 62.8 cm³/mol. The van der Waals surface area contributed by atoms with Crippen LogP contribution in [0.4, 0.5) is 0 Å². The third-order valence-corrected chi connectivity index (χ3v) is 3.38. The lowest BCUT2D eigenvalue weighted by Crippen LogP contribution is -2.31. The molecule has 0 aliphatic rings. The molecule has 0 heterocycles. The van der Waals surface area contributed by atoms with E-state index in [9.17, 15) is 9.59 Å². The van der Waals surface area contributed by atoms with Gasteiger partial charge in [-0.25, -0.2) is 0 Å². The van der Waals surface area contributed by atoms with Gasteiger partial charge in [-0.05, 0) is 0 Å². The quantitative estimate of drug-likeness (QED) is 0.804. The Kier molecular flexibility index (Phi) is 5.00. The SMILES string of the molecule is CC(C)(C)C(=O)SCC(=O)C(C)(C)CO. The minimum Gasteiger partial charge on any atom is -0.395 e. The molecule has 0 fully saturated rings. The molecule has 0 aliphatic carbocycles. The zero-order chi connectivity index (χ0) is 12.3. The molecule has 0 saturated heterocycles. The Morgan fingerprint density at radius 3 is 1.93 bits per heavy atom. The summed E-state index contributed by atoms with van der Waals surface area (Å²) < 4.78 is 0. The van der Waals surface area contributed by atoms with E-state index in [1.54, 1.807) is 13.8 Å². The highest BCUT2D eigenvalue weighted by Gasteiger charge is 2.29. The third-order valence-electron chi connectivity index (χ3n) is 2.10. The zero-order valence-electron chi connectivity index (χ0n) is 10.1. The van der Waals surface area contributed by atoms with E-state index in [0.717, 1.165) is 11.8 Å². The fourth-order valence-corrected chi connectivity index (χ4v) is 1.72. The van der Waals surface area contributed by atoms with Crippen LogP contribution < -0.4 is 0 Å². The lowest BCUT2D eigenvalue weighted by molar-refractivity contribution is -0.126. The van der Waals surface area contributed by atoms with Crippen LogP contribution >= 0.6 is 11.8 Å². The summed E-state index contributed by atoms with van der Waals surface area (Å²) in [5.74, 6) is 0.0523. The number of carbonyl (C=O) groups is 2. The largest absolute Gasteiger partial charge is 0.395 e. The summed E-state index contributed by atoms with van der Waals surface area (Å²) in [7, 11) is 0. The van der Waals surface area contributed by atoms with Gasteiger partial charge in [0.2, 0.25) is 0 Å². The van der Waals surface area contributed by atoms with Crippen molar-refractivity contribution in [1.29, 1.82) is 0 Å². The van der Waals surface area contributed by atoms with Gasteiger partial charge in [0, 0.05) is 10.8 Å². The lowest BCUT2D eigenvalue weighted by atomic mass is 9.90. The molecule has 15 heavy (non-hydrogen) atoms. The number of hydrogen-bond donors (Lipinski definition) is 1. The topological polar surface area (TPSA) is 54.4 Å². The molecular formula is C11H20O3S. The highest BCUT2D eigenvalue weighted by Crippen LogP contribution is 2.25. The fraction of sp³-hybridized carbons (Fsp3) is 0.818. The average molecular weight is 232 g/mol. The first-order chi connectivity index (χ1) is 6.61. The minimum absolute atomic E-state index is 0.00425. The molecule has 88 valence electrons. The molecule has 3 nitrogen and oxygen atoms in total. The van der Waals surface area contributed by atoms with Crippen LogP contribution in [0.25, 0.3) is 0 Å². The first-order valence-electron chi connectivity index (χ1n) is 4.92. The Bertz CT molecular complexity index is 251. The molecule has 4 heteroatoms. The molecule has 0 aromatic heterocycles. The Balaban J connectivity index is 4.20. The maximum atomic E-state index is 11.6. The van der Waals surface area contributed by atoms with E-state index in [2.05, 4.69) is 0 Å². The van der Waals surface area contributed by atoms with Crippen LogP contribution in [0.15, 0.2) is 0 Å². The van der Waals surface area contributed by atoms with Gasteiger partial charge in [-0.2, -0.15) is 0 Å². The van der Waals surface area contributed by atoms with Crippen LogP contribution in [0.3, 0.4) is 0 Å². The van der Waals surface area contributed by atoms with Crippen molar-refractivity contribution in [2.45, 2.75) is 34.6 Å². The van der Waals surface area contributed by atoms with E-state index in [1.807, 2.05) is 20.8 Å². The molecule has 0 aromatic rings. The molecule has 0 radical (unpaired) electrons. The number of aliphatic hydroxyl groups excluding tert-OH is 1. The summed E-state index contributed by atoms with van der Waals surface area (Å²) in [6.07, 6.45) is 0. The highest BCUT2D eigenvalue weighted by molar-refractivity contribution is 8.14. The molecule has 0 amide bonds. The Morgan fingerprint density at radius 1 is 1.13 bits per heavy atom. The molecule has 0 bridgehead atoms. The smallest absolute Gasteiger partial charge is 0.194 e. The highest BCUT2D eigenvalue weighted by atomic mass is 32.2. The van der Waals surface area contributed by atoms with Gasteiger partial charge in [-0.1, -0.05) is 46.4 Å². The van der Waals surface area contributed by atoms with E-state index in [-0.39, 0.29) is 23.3 Å². The van der Waals surface area contributed by atoms with Crippen LogP contribution in [0.2, 0.25) is 0 Å². The summed E-state index contributed by atoms with van der Waals surface area (Å²) >= 11 is 1.03. The van der Waals surface area contributed by atoms with E-state index in [1.165, 1.54) is 0 Å². The van der Waals surface area contributed by atoms with Gasteiger partial charge in [0.15, 0.2) is 10.9 Å². The maximum Gasteiger partial charge on any atom is 0.194 e. The Labute approximate surface area is 95.6 Å². The normalized spacial score (nSPS) is 12.7. The average Bonchev–Trinajstić information content (AvgIpc) is 2.11. The molecule has 1 N–H and O–H groups in total. The van der Waals surface area contributed by atoms with Crippen LogP contribution in [0.1, 0.15) is 34.6 Å². The molecule has 0 aromatic carbocycles. The standard InChI is InChI=1S/C11H20O3S/c1-10(2,3)9(14)15-6-8(13)11(4,5)7-12/h12H,6-7H2,1-5H3. The molecule has 0 saturated carbocycles. The van der Waals surface area contributed by atoms with Crippen molar-refractivity contribution in [3.05, 3.63) is 0 Å². The van der Waals surface area contributed by atoms with Crippen LogP contribution in [-0.4, -0.2) is 28.4 Å². The van der Waals surface area contributed by atoms with Gasteiger partial charge >= 0.3 is 0 Å². The first kappa shape index (κ1) is 14.6. The van der Waals surface area contributed by atoms with E-state index < -0.39 is 10.8 Å². The number of thioether (sulfide) groups is 1. The first-order valence-corrected chi connectivity index (χ1v) is 5.91. The number of Topliss-reactive ketones (excluding diaryl/α,β-unsaturated/α-hetero) is 1. The van der Waals surface area contributed by atoms with Crippen molar-refractivity contribution < 1.29 is 14.7 Å². The number of hydrogen-bond acceptors (Lipinski definition) is 4. The Hall–Kier alpha value is -0.350. The zero-order valence-corrected chi connectivity index (χ0v) is 10.9. The summed E-state index contributed by atoms with van der Waals surface area (Å²) in [5, 5.41) is 8.98. The second-order valence-corrected chi connectivity index (χ2v) is 6.24. The van der Waals surface area contributed by atoms with Crippen molar-refractivity contribution in [2.24, 2.45) is 10.8 Å². The lowest BCUT2D eigenvalue weighted by Gasteiger charge is -2.21. The molecule has 0 rings (SSSR count). The summed E-state index contributed by atoms with van der Waals surface area (Å²) in [6, 6.07) is 0. The summed E-state index contributed by atoms with van der Waals surface area (Å²) in [6.45, 7) is 8.64. The van der Waals surface area contributed by atoms with Gasteiger partial charge in [-0.15, -0.1) is 0 Å². The molecule has 0 atom stereocenters. The van der Waals surface area contributed by atoms with Crippen LogP contribution in [0.5, 0.6) is 0 Å². The second kappa shape index (κ2) is 5.12. The molecular weight excluding hydrogens is 212 g/mol. The van der Waals surface area contributed by atoms with E-state index in [0.29, 0.717) is 0 Å². The van der Waals surface area contributed by atoms with Gasteiger partial charge in [0.05, 0.1) is 12.4 Å². The van der Waals surface area contributed by atoms with Crippen molar-refractivity contribution in [2.75, 3.05) is 12.4 Å². The number of rotatable bonds is 4. The van der Waals surface area contributed by atoms with Crippen molar-refractivity contribution in [3.63, 3.8) is 0 Å². The van der Waals surface area contributed by atoms with Gasteiger partial charge in [-0.3, -0.25) is 9.59 Å². The second-order valence-electron chi connectivity index (χ2n) is 5.29. The van der Waals surface area contributed by atoms with Crippen molar-refractivity contribution >= 4 is 22.7 Å².